The highest BCUT2D eigenvalue weighted by Gasteiger charge is 2.57. The van der Waals surface area contributed by atoms with E-state index in [0.29, 0.717) is 16.9 Å². The molecule has 3 fully saturated rings. The van der Waals surface area contributed by atoms with Crippen LogP contribution in [0.5, 0.6) is 0 Å². The molecular weight excluding hydrogens is 258 g/mol. The molecule has 118 valence electrons. The zero-order chi connectivity index (χ0) is 14.8. The van der Waals surface area contributed by atoms with Gasteiger partial charge in [-0.25, -0.2) is 0 Å². The maximum absolute atomic E-state index is 10.0. The average Bonchev–Trinajstić information content (AvgIpc) is 2.76. The van der Waals surface area contributed by atoms with Crippen LogP contribution in [-0.2, 0) is 0 Å². The predicted molar refractivity (Wildman–Crippen MR) is 85.7 cm³/mol. The summed E-state index contributed by atoms with van der Waals surface area (Å²) in [6.45, 7) is 4.97. The van der Waals surface area contributed by atoms with Crippen LogP contribution in [0.3, 0.4) is 0 Å². The first-order valence-corrected chi connectivity index (χ1v) is 9.08. The van der Waals surface area contributed by atoms with Crippen molar-refractivity contribution in [2.24, 2.45) is 34.3 Å². The Labute approximate surface area is 129 Å². The van der Waals surface area contributed by atoms with Crippen molar-refractivity contribution in [1.29, 1.82) is 0 Å². The molecule has 0 spiro atoms. The van der Waals surface area contributed by atoms with Crippen molar-refractivity contribution < 1.29 is 5.11 Å². The zero-order valence-corrected chi connectivity index (χ0v) is 13.6. The van der Waals surface area contributed by atoms with E-state index < -0.39 is 0 Å². The van der Waals surface area contributed by atoms with Gasteiger partial charge in [0.25, 0.3) is 0 Å². The third kappa shape index (κ3) is 1.84. The number of allylic oxidation sites excluding steroid dienone is 1. The van der Waals surface area contributed by atoms with Crippen molar-refractivity contribution in [1.82, 2.24) is 0 Å². The van der Waals surface area contributed by atoms with Crippen molar-refractivity contribution in [3.8, 4) is 0 Å². The summed E-state index contributed by atoms with van der Waals surface area (Å²) in [5.41, 5.74) is 8.83. The number of rotatable bonds is 0. The van der Waals surface area contributed by atoms with Crippen molar-refractivity contribution >= 4 is 0 Å². The molecule has 0 heterocycles. The van der Waals surface area contributed by atoms with Crippen LogP contribution < -0.4 is 5.73 Å². The van der Waals surface area contributed by atoms with Gasteiger partial charge >= 0.3 is 0 Å². The molecule has 4 rings (SSSR count). The van der Waals surface area contributed by atoms with E-state index >= 15 is 0 Å². The molecule has 3 saturated carbocycles. The normalized spacial score (nSPS) is 56.2. The van der Waals surface area contributed by atoms with Crippen LogP contribution in [0.2, 0.25) is 0 Å². The fourth-order valence-corrected chi connectivity index (χ4v) is 6.68. The number of aliphatic hydroxyl groups excluding tert-OH is 1. The van der Waals surface area contributed by atoms with Crippen molar-refractivity contribution in [2.45, 2.75) is 77.4 Å². The first-order chi connectivity index (χ1) is 9.95. The Morgan fingerprint density at radius 2 is 1.90 bits per heavy atom. The molecule has 0 aliphatic heterocycles. The van der Waals surface area contributed by atoms with Gasteiger partial charge in [0, 0.05) is 6.04 Å². The number of hydrogen-bond acceptors (Lipinski definition) is 2. The van der Waals surface area contributed by atoms with E-state index in [1.165, 1.54) is 38.5 Å². The summed E-state index contributed by atoms with van der Waals surface area (Å²) in [5, 5.41) is 10.0. The Morgan fingerprint density at radius 1 is 1.10 bits per heavy atom. The van der Waals surface area contributed by atoms with E-state index in [9.17, 15) is 5.11 Å². The molecule has 0 unspecified atom stereocenters. The lowest BCUT2D eigenvalue weighted by Crippen LogP contribution is -2.52. The summed E-state index contributed by atoms with van der Waals surface area (Å²) in [4.78, 5) is 0. The third-order valence-electron chi connectivity index (χ3n) is 8.15. The Balaban J connectivity index is 1.68. The highest BCUT2D eigenvalue weighted by molar-refractivity contribution is 5.25. The Hall–Kier alpha value is -0.340. The maximum Gasteiger partial charge on any atom is 0.0577 e. The van der Waals surface area contributed by atoms with E-state index in [-0.39, 0.29) is 6.10 Å². The summed E-state index contributed by atoms with van der Waals surface area (Å²) in [5.74, 6) is 2.53. The molecule has 3 N–H and O–H groups in total. The summed E-state index contributed by atoms with van der Waals surface area (Å²) in [6, 6.07) is 0.426. The van der Waals surface area contributed by atoms with Crippen LogP contribution in [-0.4, -0.2) is 17.3 Å². The predicted octanol–water partition coefficient (Wildman–Crippen LogP) is 3.64. The second-order valence-electron chi connectivity index (χ2n) is 8.88. The van der Waals surface area contributed by atoms with Crippen LogP contribution in [0.15, 0.2) is 11.6 Å². The topological polar surface area (TPSA) is 46.2 Å². The highest BCUT2D eigenvalue weighted by Crippen LogP contribution is 2.64. The van der Waals surface area contributed by atoms with E-state index in [1.54, 1.807) is 5.57 Å². The summed E-state index contributed by atoms with van der Waals surface area (Å²) in [6.07, 6.45) is 12.1. The van der Waals surface area contributed by atoms with E-state index in [2.05, 4.69) is 19.9 Å². The number of fused-ring (bicyclic) bond motifs is 5. The lowest BCUT2D eigenvalue weighted by atomic mass is 9.48. The minimum absolute atomic E-state index is 0.0883. The fraction of sp³-hybridized carbons (Fsp3) is 0.895. The van der Waals surface area contributed by atoms with Crippen LogP contribution >= 0.6 is 0 Å². The largest absolute Gasteiger partial charge is 0.393 e. The molecule has 21 heavy (non-hydrogen) atoms. The van der Waals surface area contributed by atoms with Gasteiger partial charge in [-0.05, 0) is 80.0 Å². The van der Waals surface area contributed by atoms with Crippen LogP contribution in [0, 0.1) is 28.6 Å². The molecule has 4 aliphatic carbocycles. The molecule has 2 heteroatoms. The minimum Gasteiger partial charge on any atom is -0.393 e. The van der Waals surface area contributed by atoms with Crippen molar-refractivity contribution in [3.05, 3.63) is 11.6 Å². The lowest BCUT2D eigenvalue weighted by Gasteiger charge is -2.57. The second kappa shape index (κ2) is 4.58. The molecule has 4 aliphatic rings. The van der Waals surface area contributed by atoms with Crippen molar-refractivity contribution in [3.63, 3.8) is 0 Å². The Bertz CT molecular complexity index is 472. The maximum atomic E-state index is 10.0. The molecule has 0 amide bonds. The molecule has 2 nitrogen and oxygen atoms in total. The third-order valence-corrected chi connectivity index (χ3v) is 8.15. The molecular formula is C19H31NO. The molecule has 7 atom stereocenters. The number of nitrogens with two attached hydrogens (primary N) is 1. The van der Waals surface area contributed by atoms with Gasteiger partial charge in [0.15, 0.2) is 0 Å². The quantitative estimate of drug-likeness (QED) is 0.669. The zero-order valence-electron chi connectivity index (χ0n) is 13.6. The Morgan fingerprint density at radius 3 is 2.71 bits per heavy atom. The van der Waals surface area contributed by atoms with E-state index in [0.717, 1.165) is 30.6 Å². The summed E-state index contributed by atoms with van der Waals surface area (Å²) >= 11 is 0. The summed E-state index contributed by atoms with van der Waals surface area (Å²) in [7, 11) is 0. The van der Waals surface area contributed by atoms with Gasteiger partial charge in [-0.15, -0.1) is 0 Å². The standard InChI is InChI=1S/C19H31NO/c1-18-9-7-13(21)11-12(18)3-4-14-15-5-6-17(20)19(15,2)10-8-16(14)18/h3,13-17,21H,4-11,20H2,1-2H3/t13-,14+,15+,16+,17-,18+,19+/m1/s1. The van der Waals surface area contributed by atoms with Gasteiger partial charge in [0.1, 0.15) is 0 Å². The van der Waals surface area contributed by atoms with Gasteiger partial charge in [-0.3, -0.25) is 0 Å². The molecule has 0 saturated heterocycles. The van der Waals surface area contributed by atoms with Crippen LogP contribution in [0.1, 0.15) is 65.2 Å². The van der Waals surface area contributed by atoms with Gasteiger partial charge in [-0.2, -0.15) is 0 Å². The van der Waals surface area contributed by atoms with E-state index in [1.807, 2.05) is 0 Å². The molecule has 0 aromatic carbocycles. The van der Waals surface area contributed by atoms with Crippen molar-refractivity contribution in [2.75, 3.05) is 0 Å². The first-order valence-electron chi connectivity index (χ1n) is 9.08. The summed E-state index contributed by atoms with van der Waals surface area (Å²) < 4.78 is 0. The smallest absolute Gasteiger partial charge is 0.0577 e. The number of aliphatic hydroxyl groups is 1. The Kier molecular flexibility index (Phi) is 3.11. The van der Waals surface area contributed by atoms with Gasteiger partial charge in [0.2, 0.25) is 0 Å². The average molecular weight is 289 g/mol. The minimum atomic E-state index is -0.0883. The molecule has 0 aromatic heterocycles. The lowest BCUT2D eigenvalue weighted by molar-refractivity contribution is -0.0401. The molecule has 0 radical (unpaired) electrons. The van der Waals surface area contributed by atoms with Crippen LogP contribution in [0.25, 0.3) is 0 Å². The number of hydrogen-bond donors (Lipinski definition) is 2. The van der Waals surface area contributed by atoms with Crippen LogP contribution in [0.4, 0.5) is 0 Å². The van der Waals surface area contributed by atoms with E-state index in [4.69, 9.17) is 5.73 Å². The monoisotopic (exact) mass is 289 g/mol. The van der Waals surface area contributed by atoms with Gasteiger partial charge in [-0.1, -0.05) is 25.5 Å². The first kappa shape index (κ1) is 14.3. The fourth-order valence-electron chi connectivity index (χ4n) is 6.68. The molecule has 0 aromatic rings. The molecule has 0 bridgehead atoms. The SMILES string of the molecule is C[C@]12CC[C@H]3[C@@H](CC=C4C[C@H](O)CC[C@@]43C)[C@@H]1CC[C@H]2N. The van der Waals surface area contributed by atoms with Gasteiger partial charge in [0.05, 0.1) is 6.10 Å². The highest BCUT2D eigenvalue weighted by atomic mass is 16.3. The van der Waals surface area contributed by atoms with Gasteiger partial charge < -0.3 is 10.8 Å². The second-order valence-corrected chi connectivity index (χ2v) is 8.88.